The van der Waals surface area contributed by atoms with Gasteiger partial charge >= 0.3 is 6.18 Å². The Labute approximate surface area is 119 Å². The molecule has 0 unspecified atom stereocenters. The molecule has 0 saturated carbocycles. The Bertz CT molecular complexity index is 568. The maximum absolute atomic E-state index is 12.5. The summed E-state index contributed by atoms with van der Waals surface area (Å²) in [6.45, 7) is 0.214. The summed E-state index contributed by atoms with van der Waals surface area (Å²) < 4.78 is 66.4. The number of rotatable bonds is 5. The summed E-state index contributed by atoms with van der Waals surface area (Å²) in [7, 11) is -1.41. The minimum absolute atomic E-state index is 0.0168. The van der Waals surface area contributed by atoms with Crippen LogP contribution in [0.2, 0.25) is 0 Å². The Kier molecular flexibility index (Phi) is 4.87. The highest BCUT2D eigenvalue weighted by Gasteiger charge is 2.35. The van der Waals surface area contributed by atoms with Crippen LogP contribution in [0.4, 0.5) is 24.0 Å². The number of nitrogen functional groups attached to an aromatic ring is 1. The number of halogens is 3. The van der Waals surface area contributed by atoms with E-state index in [0.717, 1.165) is 9.21 Å². The lowest BCUT2D eigenvalue weighted by atomic mass is 10.4. The fourth-order valence-electron chi connectivity index (χ4n) is 1.45. The van der Waals surface area contributed by atoms with Gasteiger partial charge in [-0.3, -0.25) is 0 Å². The summed E-state index contributed by atoms with van der Waals surface area (Å²) >= 11 is 0.639. The van der Waals surface area contributed by atoms with Crippen molar-refractivity contribution in [3.63, 3.8) is 0 Å². The number of nitrogens with zero attached hydrogens (tertiary/aromatic N) is 3. The molecule has 0 amide bonds. The summed E-state index contributed by atoms with van der Waals surface area (Å²) in [5.74, 6) is -0.292. The summed E-state index contributed by atoms with van der Waals surface area (Å²) in [5.41, 5.74) is 5.51. The molecule has 6 nitrogen and oxygen atoms in total. The zero-order valence-corrected chi connectivity index (χ0v) is 12.7. The number of aromatic nitrogens is 1. The van der Waals surface area contributed by atoms with Crippen LogP contribution < -0.4 is 10.6 Å². The molecule has 116 valence electrons. The van der Waals surface area contributed by atoms with Crippen LogP contribution in [0.15, 0.2) is 4.90 Å². The Morgan fingerprint density at radius 2 is 1.90 bits per heavy atom. The zero-order valence-electron chi connectivity index (χ0n) is 11.1. The first-order valence-electron chi connectivity index (χ1n) is 5.50. The fraction of sp³-hybridized carbons (Fsp3) is 0.667. The Balaban J connectivity index is 3.34. The lowest BCUT2D eigenvalue weighted by Gasteiger charge is -2.24. The predicted molar refractivity (Wildman–Crippen MR) is 71.3 cm³/mol. The van der Waals surface area contributed by atoms with Gasteiger partial charge in [0.15, 0.2) is 10.7 Å². The summed E-state index contributed by atoms with van der Waals surface area (Å²) in [5, 5.41) is -0.101. The number of anilines is 2. The van der Waals surface area contributed by atoms with Crippen LogP contribution in [-0.4, -0.2) is 50.5 Å². The summed E-state index contributed by atoms with van der Waals surface area (Å²) in [4.78, 5) is 0.517. The van der Waals surface area contributed by atoms with Crippen LogP contribution in [0.5, 0.6) is 0 Å². The van der Waals surface area contributed by atoms with Crippen molar-refractivity contribution in [3.8, 4) is 0 Å². The van der Waals surface area contributed by atoms with E-state index in [0.29, 0.717) is 11.5 Å². The van der Waals surface area contributed by atoms with Crippen molar-refractivity contribution in [2.75, 3.05) is 37.8 Å². The minimum atomic E-state index is -4.45. The highest BCUT2D eigenvalue weighted by atomic mass is 32.2. The van der Waals surface area contributed by atoms with Gasteiger partial charge in [0, 0.05) is 20.6 Å². The fourth-order valence-corrected chi connectivity index (χ4v) is 3.74. The molecule has 0 atom stereocenters. The van der Waals surface area contributed by atoms with Gasteiger partial charge in [0.2, 0.25) is 10.0 Å². The molecule has 0 aromatic carbocycles. The van der Waals surface area contributed by atoms with Crippen molar-refractivity contribution in [3.05, 3.63) is 0 Å². The third-order valence-electron chi connectivity index (χ3n) is 2.44. The molecule has 0 aliphatic heterocycles. The molecule has 1 aromatic heterocycles. The van der Waals surface area contributed by atoms with Crippen molar-refractivity contribution >= 4 is 32.4 Å². The van der Waals surface area contributed by atoms with Gasteiger partial charge < -0.3 is 10.6 Å². The SMILES string of the molecule is CCN(CC(F)(F)F)c1snc(N)c1S(=O)(=O)N(C)C. The van der Waals surface area contributed by atoms with Crippen molar-refractivity contribution in [2.45, 2.75) is 18.0 Å². The van der Waals surface area contributed by atoms with Crippen LogP contribution >= 0.6 is 11.5 Å². The van der Waals surface area contributed by atoms with E-state index in [-0.39, 0.29) is 22.3 Å². The molecular formula is C9H15F3N4O2S2. The normalized spacial score (nSPS) is 12.9. The third-order valence-corrected chi connectivity index (χ3v) is 5.37. The third kappa shape index (κ3) is 3.52. The number of nitrogens with two attached hydrogens (primary N) is 1. The number of hydrogen-bond acceptors (Lipinski definition) is 6. The summed E-state index contributed by atoms with van der Waals surface area (Å²) in [6, 6.07) is 0. The molecule has 0 aliphatic carbocycles. The van der Waals surface area contributed by atoms with Crippen LogP contribution in [-0.2, 0) is 10.0 Å². The quantitative estimate of drug-likeness (QED) is 0.881. The van der Waals surface area contributed by atoms with Gasteiger partial charge in [-0.15, -0.1) is 0 Å². The van der Waals surface area contributed by atoms with Crippen molar-refractivity contribution < 1.29 is 21.6 Å². The number of alkyl halides is 3. The van der Waals surface area contributed by atoms with Crippen molar-refractivity contribution in [1.29, 1.82) is 0 Å². The Hall–Kier alpha value is -1.07. The van der Waals surface area contributed by atoms with E-state index in [1.807, 2.05) is 0 Å². The van der Waals surface area contributed by atoms with Crippen LogP contribution in [0.3, 0.4) is 0 Å². The van der Waals surface area contributed by atoms with Gasteiger partial charge in [-0.2, -0.15) is 17.5 Å². The van der Waals surface area contributed by atoms with Gasteiger partial charge in [-0.25, -0.2) is 12.7 Å². The van der Waals surface area contributed by atoms with E-state index in [2.05, 4.69) is 4.37 Å². The van der Waals surface area contributed by atoms with E-state index in [1.54, 1.807) is 0 Å². The summed E-state index contributed by atoms with van der Waals surface area (Å²) in [6.07, 6.45) is -4.45. The number of hydrogen-bond donors (Lipinski definition) is 1. The largest absolute Gasteiger partial charge is 0.405 e. The van der Waals surface area contributed by atoms with Gasteiger partial charge in [-0.1, -0.05) is 0 Å². The first-order chi connectivity index (χ1) is 9.00. The average molecular weight is 332 g/mol. The van der Waals surface area contributed by atoms with E-state index in [1.165, 1.54) is 21.0 Å². The molecule has 2 N–H and O–H groups in total. The second-order valence-corrected chi connectivity index (χ2v) is 6.96. The zero-order chi connectivity index (χ0) is 15.7. The topological polar surface area (TPSA) is 79.5 Å². The van der Waals surface area contributed by atoms with Crippen LogP contribution in [0.25, 0.3) is 0 Å². The highest BCUT2D eigenvalue weighted by Crippen LogP contribution is 2.37. The van der Waals surface area contributed by atoms with Gasteiger partial charge in [0.05, 0.1) is 0 Å². The molecule has 20 heavy (non-hydrogen) atoms. The maximum atomic E-state index is 12.5. The molecule has 0 radical (unpaired) electrons. The van der Waals surface area contributed by atoms with E-state index < -0.39 is 22.7 Å². The number of sulfonamides is 1. The second-order valence-electron chi connectivity index (χ2n) is 4.12. The lowest BCUT2D eigenvalue weighted by molar-refractivity contribution is -0.119. The van der Waals surface area contributed by atoms with Crippen molar-refractivity contribution in [1.82, 2.24) is 8.68 Å². The molecule has 1 rings (SSSR count). The molecule has 0 spiro atoms. The molecule has 1 aromatic rings. The second kappa shape index (κ2) is 5.74. The van der Waals surface area contributed by atoms with Crippen molar-refractivity contribution in [2.24, 2.45) is 0 Å². The van der Waals surface area contributed by atoms with Crippen LogP contribution in [0, 0.1) is 0 Å². The average Bonchev–Trinajstić information content (AvgIpc) is 2.67. The first-order valence-corrected chi connectivity index (χ1v) is 7.71. The lowest BCUT2D eigenvalue weighted by Crippen LogP contribution is -2.35. The molecule has 0 fully saturated rings. The predicted octanol–water partition coefficient (Wildman–Crippen LogP) is 1.36. The van der Waals surface area contributed by atoms with Gasteiger partial charge in [0.1, 0.15) is 11.5 Å². The Morgan fingerprint density at radius 3 is 2.30 bits per heavy atom. The Morgan fingerprint density at radius 1 is 1.35 bits per heavy atom. The maximum Gasteiger partial charge on any atom is 0.405 e. The molecule has 11 heteroatoms. The molecule has 0 aliphatic rings. The molecule has 0 saturated heterocycles. The van der Waals surface area contributed by atoms with Crippen LogP contribution in [0.1, 0.15) is 6.92 Å². The van der Waals surface area contributed by atoms with E-state index in [9.17, 15) is 21.6 Å². The molecular weight excluding hydrogens is 317 g/mol. The minimum Gasteiger partial charge on any atom is -0.382 e. The highest BCUT2D eigenvalue weighted by molar-refractivity contribution is 7.89. The van der Waals surface area contributed by atoms with Gasteiger partial charge in [0.25, 0.3) is 0 Å². The standard InChI is InChI=1S/C9H15F3N4O2S2/c1-4-16(5-9(10,11)12)8-6(7(13)14-19-8)20(17,18)15(2)3/h4-5H2,1-3H3,(H2,13,14). The first kappa shape index (κ1) is 17.0. The van der Waals surface area contributed by atoms with E-state index in [4.69, 9.17) is 5.73 Å². The molecule has 1 heterocycles. The monoisotopic (exact) mass is 332 g/mol. The molecule has 0 bridgehead atoms. The van der Waals surface area contributed by atoms with E-state index >= 15 is 0 Å². The smallest absolute Gasteiger partial charge is 0.382 e. The van der Waals surface area contributed by atoms with Gasteiger partial charge in [-0.05, 0) is 18.5 Å².